The second kappa shape index (κ2) is 7.13. The molecule has 0 bridgehead atoms. The van der Waals surface area contributed by atoms with E-state index >= 15 is 0 Å². The third kappa shape index (κ3) is 4.60. The van der Waals surface area contributed by atoms with Gasteiger partial charge in [0, 0.05) is 29.5 Å². The van der Waals surface area contributed by atoms with Crippen LogP contribution in [0.4, 0.5) is 11.4 Å². The largest absolute Gasteiger partial charge is 0.323 e. The van der Waals surface area contributed by atoms with Gasteiger partial charge in [-0.05, 0) is 42.8 Å². The number of hydrogen-bond donors (Lipinski definition) is 1. The summed E-state index contributed by atoms with van der Waals surface area (Å²) in [6.45, 7) is 1.47. The molecule has 0 aromatic heterocycles. The zero-order valence-corrected chi connectivity index (χ0v) is 12.4. The van der Waals surface area contributed by atoms with Crippen LogP contribution in [0.3, 0.4) is 0 Å². The molecular formula is C17H14N2O4. The molecule has 23 heavy (non-hydrogen) atoms. The molecule has 1 amide bonds. The van der Waals surface area contributed by atoms with E-state index in [-0.39, 0.29) is 17.4 Å². The van der Waals surface area contributed by atoms with Gasteiger partial charge in [-0.1, -0.05) is 12.1 Å². The lowest BCUT2D eigenvalue weighted by Crippen LogP contribution is -2.07. The van der Waals surface area contributed by atoms with Crippen molar-refractivity contribution in [2.45, 2.75) is 6.92 Å². The molecule has 0 spiro atoms. The molecule has 0 radical (unpaired) electrons. The van der Waals surface area contributed by atoms with E-state index in [0.717, 1.165) is 0 Å². The summed E-state index contributed by atoms with van der Waals surface area (Å²) in [6.07, 6.45) is 2.78. The second-order valence-corrected chi connectivity index (χ2v) is 4.81. The van der Waals surface area contributed by atoms with E-state index in [4.69, 9.17) is 0 Å². The number of rotatable bonds is 5. The molecule has 0 aliphatic heterocycles. The van der Waals surface area contributed by atoms with Crippen molar-refractivity contribution in [2.24, 2.45) is 0 Å². The Kier molecular flexibility index (Phi) is 4.99. The first-order valence-corrected chi connectivity index (χ1v) is 6.80. The summed E-state index contributed by atoms with van der Waals surface area (Å²) in [7, 11) is 0. The van der Waals surface area contributed by atoms with E-state index in [1.165, 1.54) is 31.2 Å². The van der Waals surface area contributed by atoms with Gasteiger partial charge in [0.15, 0.2) is 5.78 Å². The van der Waals surface area contributed by atoms with Crippen molar-refractivity contribution in [3.8, 4) is 0 Å². The van der Waals surface area contributed by atoms with Crippen molar-refractivity contribution in [2.75, 3.05) is 5.32 Å². The van der Waals surface area contributed by atoms with Gasteiger partial charge in [-0.2, -0.15) is 0 Å². The van der Waals surface area contributed by atoms with E-state index in [1.807, 2.05) is 0 Å². The second-order valence-electron chi connectivity index (χ2n) is 4.81. The SMILES string of the molecule is CC(=O)c1ccc(NC(=O)C=Cc2cccc([N+](=O)[O-])c2)cc1. The van der Waals surface area contributed by atoms with Gasteiger partial charge in [0.05, 0.1) is 4.92 Å². The molecule has 0 atom stereocenters. The number of non-ortho nitro benzene ring substituents is 1. The number of nitro benzene ring substituents is 1. The molecule has 6 nitrogen and oxygen atoms in total. The molecule has 0 heterocycles. The van der Waals surface area contributed by atoms with Crippen LogP contribution in [-0.2, 0) is 4.79 Å². The van der Waals surface area contributed by atoms with Gasteiger partial charge in [-0.3, -0.25) is 19.7 Å². The minimum Gasteiger partial charge on any atom is -0.323 e. The van der Waals surface area contributed by atoms with Gasteiger partial charge in [-0.15, -0.1) is 0 Å². The molecule has 116 valence electrons. The van der Waals surface area contributed by atoms with Gasteiger partial charge in [0.1, 0.15) is 0 Å². The maximum Gasteiger partial charge on any atom is 0.270 e. The van der Waals surface area contributed by atoms with Crippen LogP contribution in [0.5, 0.6) is 0 Å². The number of amides is 1. The molecule has 1 N–H and O–H groups in total. The molecule has 2 aromatic rings. The predicted molar refractivity (Wildman–Crippen MR) is 87.2 cm³/mol. The highest BCUT2D eigenvalue weighted by Gasteiger charge is 2.04. The van der Waals surface area contributed by atoms with Crippen LogP contribution in [0.2, 0.25) is 0 Å². The number of Topliss-reactive ketones (excluding diaryl/α,β-unsaturated/α-hetero) is 1. The first kappa shape index (κ1) is 16.1. The molecule has 0 saturated heterocycles. The normalized spacial score (nSPS) is 10.5. The van der Waals surface area contributed by atoms with Crippen LogP contribution >= 0.6 is 0 Å². The van der Waals surface area contributed by atoms with Gasteiger partial charge < -0.3 is 5.32 Å². The number of carbonyl (C=O) groups is 2. The van der Waals surface area contributed by atoms with E-state index in [1.54, 1.807) is 36.4 Å². The monoisotopic (exact) mass is 310 g/mol. The first-order chi connectivity index (χ1) is 11.0. The Hall–Kier alpha value is -3.28. The lowest BCUT2D eigenvalue weighted by atomic mass is 10.1. The Labute approximate surface area is 132 Å². The molecule has 0 aliphatic carbocycles. The Bertz CT molecular complexity index is 779. The van der Waals surface area contributed by atoms with Crippen LogP contribution < -0.4 is 5.32 Å². The maximum absolute atomic E-state index is 11.8. The average Bonchev–Trinajstić information content (AvgIpc) is 2.53. The summed E-state index contributed by atoms with van der Waals surface area (Å²) in [4.78, 5) is 33.2. The summed E-state index contributed by atoms with van der Waals surface area (Å²) >= 11 is 0. The number of ketones is 1. The number of anilines is 1. The van der Waals surface area contributed by atoms with Crippen LogP contribution in [-0.4, -0.2) is 16.6 Å². The number of nitrogens with zero attached hydrogens (tertiary/aromatic N) is 1. The quantitative estimate of drug-likeness (QED) is 0.396. The smallest absolute Gasteiger partial charge is 0.270 e. The lowest BCUT2D eigenvalue weighted by molar-refractivity contribution is -0.384. The molecule has 0 saturated carbocycles. The summed E-state index contributed by atoms with van der Waals surface area (Å²) in [5, 5.41) is 13.3. The third-order valence-electron chi connectivity index (χ3n) is 3.07. The standard InChI is InChI=1S/C17H14N2O4/c1-12(20)14-6-8-15(9-7-14)18-17(21)10-5-13-3-2-4-16(11-13)19(22)23/h2-11H,1H3,(H,18,21). The Balaban J connectivity index is 2.02. The number of hydrogen-bond acceptors (Lipinski definition) is 4. The average molecular weight is 310 g/mol. The Morgan fingerprint density at radius 2 is 1.83 bits per heavy atom. The molecule has 0 aliphatic rings. The molecular weight excluding hydrogens is 296 g/mol. The van der Waals surface area contributed by atoms with Crippen LogP contribution in [0.25, 0.3) is 6.08 Å². The van der Waals surface area contributed by atoms with Crippen LogP contribution in [0.15, 0.2) is 54.6 Å². The minimum atomic E-state index is -0.492. The predicted octanol–water partition coefficient (Wildman–Crippen LogP) is 3.45. The fourth-order valence-electron chi connectivity index (χ4n) is 1.89. The summed E-state index contributed by atoms with van der Waals surface area (Å²) < 4.78 is 0. The fourth-order valence-corrected chi connectivity index (χ4v) is 1.89. The van der Waals surface area contributed by atoms with E-state index in [2.05, 4.69) is 5.32 Å². The number of carbonyl (C=O) groups excluding carboxylic acids is 2. The molecule has 2 aromatic carbocycles. The van der Waals surface area contributed by atoms with Gasteiger partial charge in [0.25, 0.3) is 5.69 Å². The topological polar surface area (TPSA) is 89.3 Å². The van der Waals surface area contributed by atoms with E-state index < -0.39 is 4.92 Å². The van der Waals surface area contributed by atoms with E-state index in [0.29, 0.717) is 16.8 Å². The molecule has 2 rings (SSSR count). The van der Waals surface area contributed by atoms with Crippen molar-refractivity contribution < 1.29 is 14.5 Å². The molecule has 0 unspecified atom stereocenters. The highest BCUT2D eigenvalue weighted by Crippen LogP contribution is 2.14. The number of nitrogens with one attached hydrogen (secondary N) is 1. The number of nitro groups is 1. The Morgan fingerprint density at radius 3 is 2.43 bits per heavy atom. The van der Waals surface area contributed by atoms with Crippen molar-refractivity contribution >= 4 is 29.1 Å². The van der Waals surface area contributed by atoms with Crippen molar-refractivity contribution in [3.63, 3.8) is 0 Å². The zero-order chi connectivity index (χ0) is 16.8. The lowest BCUT2D eigenvalue weighted by Gasteiger charge is -2.02. The zero-order valence-electron chi connectivity index (χ0n) is 12.4. The van der Waals surface area contributed by atoms with Crippen molar-refractivity contribution in [1.82, 2.24) is 0 Å². The van der Waals surface area contributed by atoms with Crippen LogP contribution in [0.1, 0.15) is 22.8 Å². The number of benzene rings is 2. The third-order valence-corrected chi connectivity index (χ3v) is 3.07. The highest BCUT2D eigenvalue weighted by molar-refractivity contribution is 6.02. The van der Waals surface area contributed by atoms with E-state index in [9.17, 15) is 19.7 Å². The maximum atomic E-state index is 11.8. The summed E-state index contributed by atoms with van der Waals surface area (Å²) in [6, 6.07) is 12.5. The summed E-state index contributed by atoms with van der Waals surface area (Å²) in [5.41, 5.74) is 1.65. The highest BCUT2D eigenvalue weighted by atomic mass is 16.6. The van der Waals surface area contributed by atoms with Gasteiger partial charge in [0.2, 0.25) is 5.91 Å². The first-order valence-electron chi connectivity index (χ1n) is 6.80. The minimum absolute atomic E-state index is 0.0348. The van der Waals surface area contributed by atoms with Crippen LogP contribution in [0, 0.1) is 10.1 Å². The van der Waals surface area contributed by atoms with Crippen molar-refractivity contribution in [1.29, 1.82) is 0 Å². The van der Waals surface area contributed by atoms with Crippen molar-refractivity contribution in [3.05, 3.63) is 75.8 Å². The fraction of sp³-hybridized carbons (Fsp3) is 0.0588. The van der Waals surface area contributed by atoms with Gasteiger partial charge >= 0.3 is 0 Å². The molecule has 6 heteroatoms. The van der Waals surface area contributed by atoms with Gasteiger partial charge in [-0.25, -0.2) is 0 Å². The summed E-state index contributed by atoms with van der Waals surface area (Å²) in [5.74, 6) is -0.416. The molecule has 0 fully saturated rings. The Morgan fingerprint density at radius 1 is 1.13 bits per heavy atom.